The molecule has 0 saturated carbocycles. The third kappa shape index (κ3) is 4.07. The Balaban J connectivity index is 1.93. The molecule has 0 amide bonds. The van der Waals surface area contributed by atoms with Crippen molar-refractivity contribution in [2.45, 2.75) is 52.7 Å². The van der Waals surface area contributed by atoms with Crippen LogP contribution in [-0.2, 0) is 6.42 Å². The summed E-state index contributed by atoms with van der Waals surface area (Å²) >= 11 is 0. The quantitative estimate of drug-likeness (QED) is 0.886. The first kappa shape index (κ1) is 15.5. The second-order valence-electron chi connectivity index (χ2n) is 7.00. The van der Waals surface area contributed by atoms with Crippen LogP contribution < -0.4 is 0 Å². The van der Waals surface area contributed by atoms with Gasteiger partial charge in [-0.3, -0.25) is 4.90 Å². The molecule has 20 heavy (non-hydrogen) atoms. The average Bonchev–Trinajstić information content (AvgIpc) is 2.68. The highest BCUT2D eigenvalue weighted by Gasteiger charge is 2.27. The van der Waals surface area contributed by atoms with E-state index in [4.69, 9.17) is 0 Å². The highest BCUT2D eigenvalue weighted by Crippen LogP contribution is 2.25. The van der Waals surface area contributed by atoms with E-state index >= 15 is 0 Å². The Morgan fingerprint density at radius 3 is 2.35 bits per heavy atom. The molecule has 3 unspecified atom stereocenters. The summed E-state index contributed by atoms with van der Waals surface area (Å²) in [5.74, 6) is 1.43. The molecule has 3 atom stereocenters. The van der Waals surface area contributed by atoms with Crippen LogP contribution in [0.2, 0.25) is 0 Å². The van der Waals surface area contributed by atoms with Crippen LogP contribution in [0.5, 0.6) is 0 Å². The Labute approximate surface area is 123 Å². The highest BCUT2D eigenvalue weighted by atomic mass is 16.3. The van der Waals surface area contributed by atoms with Gasteiger partial charge in [-0.15, -0.1) is 0 Å². The van der Waals surface area contributed by atoms with E-state index in [0.29, 0.717) is 12.0 Å². The van der Waals surface area contributed by atoms with Gasteiger partial charge < -0.3 is 5.11 Å². The van der Waals surface area contributed by atoms with E-state index in [1.807, 2.05) is 0 Å². The van der Waals surface area contributed by atoms with Crippen LogP contribution in [0.15, 0.2) is 24.3 Å². The molecule has 0 aromatic heterocycles. The molecule has 0 bridgehead atoms. The van der Waals surface area contributed by atoms with Gasteiger partial charge in [0.2, 0.25) is 0 Å². The van der Waals surface area contributed by atoms with Gasteiger partial charge in [-0.25, -0.2) is 0 Å². The average molecular weight is 275 g/mol. The summed E-state index contributed by atoms with van der Waals surface area (Å²) in [6, 6.07) is 9.10. The van der Waals surface area contributed by atoms with Crippen LogP contribution in [0.25, 0.3) is 0 Å². The Morgan fingerprint density at radius 2 is 1.85 bits per heavy atom. The van der Waals surface area contributed by atoms with E-state index in [0.717, 1.165) is 31.0 Å². The molecule has 1 N–H and O–H groups in total. The van der Waals surface area contributed by atoms with E-state index in [1.54, 1.807) is 0 Å². The Kier molecular flexibility index (Phi) is 5.22. The zero-order chi connectivity index (χ0) is 14.7. The molecular formula is C18H29NO. The fourth-order valence-electron chi connectivity index (χ4n) is 3.32. The summed E-state index contributed by atoms with van der Waals surface area (Å²) in [6.45, 7) is 10.9. The SMILES string of the molecule is CC(C)Cc1ccc(C(O)CN2CC(C)CC2C)cc1. The smallest absolute Gasteiger partial charge is 0.0917 e. The second-order valence-corrected chi connectivity index (χ2v) is 7.00. The lowest BCUT2D eigenvalue weighted by atomic mass is 10.00. The predicted molar refractivity (Wildman–Crippen MR) is 84.8 cm³/mol. The van der Waals surface area contributed by atoms with Gasteiger partial charge in [0.05, 0.1) is 6.10 Å². The number of aliphatic hydroxyl groups is 1. The van der Waals surface area contributed by atoms with E-state index in [9.17, 15) is 5.11 Å². The van der Waals surface area contributed by atoms with Crippen molar-refractivity contribution in [3.05, 3.63) is 35.4 Å². The monoisotopic (exact) mass is 275 g/mol. The molecule has 1 saturated heterocycles. The van der Waals surface area contributed by atoms with Gasteiger partial charge >= 0.3 is 0 Å². The van der Waals surface area contributed by atoms with Crippen molar-refractivity contribution in [1.29, 1.82) is 0 Å². The molecule has 0 aliphatic carbocycles. The minimum atomic E-state index is -0.365. The third-order valence-electron chi connectivity index (χ3n) is 4.33. The standard InChI is InChI=1S/C18H29NO/c1-13(2)9-16-5-7-17(8-6-16)18(20)12-19-11-14(3)10-15(19)4/h5-8,13-15,18,20H,9-12H2,1-4H3. The zero-order valence-corrected chi connectivity index (χ0v) is 13.3. The molecule has 2 rings (SSSR count). The number of benzene rings is 1. The van der Waals surface area contributed by atoms with E-state index < -0.39 is 0 Å². The number of hydrogen-bond donors (Lipinski definition) is 1. The fraction of sp³-hybridized carbons (Fsp3) is 0.667. The molecule has 1 aromatic carbocycles. The minimum absolute atomic E-state index is 0.365. The number of hydrogen-bond acceptors (Lipinski definition) is 2. The maximum absolute atomic E-state index is 10.4. The summed E-state index contributed by atoms with van der Waals surface area (Å²) in [6.07, 6.45) is 1.99. The zero-order valence-electron chi connectivity index (χ0n) is 13.3. The predicted octanol–water partition coefficient (Wildman–Crippen LogP) is 3.65. The highest BCUT2D eigenvalue weighted by molar-refractivity contribution is 5.24. The normalized spacial score (nSPS) is 25.3. The van der Waals surface area contributed by atoms with Crippen molar-refractivity contribution < 1.29 is 5.11 Å². The molecular weight excluding hydrogens is 246 g/mol. The summed E-state index contributed by atoms with van der Waals surface area (Å²) in [5.41, 5.74) is 2.41. The molecule has 2 nitrogen and oxygen atoms in total. The second kappa shape index (κ2) is 6.73. The van der Waals surface area contributed by atoms with Crippen LogP contribution >= 0.6 is 0 Å². The van der Waals surface area contributed by atoms with Gasteiger partial charge in [0.15, 0.2) is 0 Å². The summed E-state index contributed by atoms with van der Waals surface area (Å²) < 4.78 is 0. The van der Waals surface area contributed by atoms with Crippen molar-refractivity contribution in [3.8, 4) is 0 Å². The van der Waals surface area contributed by atoms with Gasteiger partial charge in [-0.1, -0.05) is 45.0 Å². The fourth-order valence-corrected chi connectivity index (χ4v) is 3.32. The Bertz CT molecular complexity index is 412. The van der Waals surface area contributed by atoms with Crippen molar-refractivity contribution in [2.75, 3.05) is 13.1 Å². The number of nitrogens with zero attached hydrogens (tertiary/aromatic N) is 1. The molecule has 2 heteroatoms. The lowest BCUT2D eigenvalue weighted by Crippen LogP contribution is -2.31. The summed E-state index contributed by atoms with van der Waals surface area (Å²) in [5, 5.41) is 10.4. The third-order valence-corrected chi connectivity index (χ3v) is 4.33. The van der Waals surface area contributed by atoms with Crippen LogP contribution in [0, 0.1) is 11.8 Å². The number of likely N-dealkylation sites (tertiary alicyclic amines) is 1. The van der Waals surface area contributed by atoms with Crippen molar-refractivity contribution >= 4 is 0 Å². The molecule has 0 spiro atoms. The van der Waals surface area contributed by atoms with Crippen molar-refractivity contribution in [1.82, 2.24) is 4.90 Å². The molecule has 1 fully saturated rings. The maximum Gasteiger partial charge on any atom is 0.0917 e. The van der Waals surface area contributed by atoms with Crippen LogP contribution in [0.1, 0.15) is 51.3 Å². The Hall–Kier alpha value is -0.860. The maximum atomic E-state index is 10.4. The first-order chi connectivity index (χ1) is 9.45. The lowest BCUT2D eigenvalue weighted by Gasteiger charge is -2.24. The largest absolute Gasteiger partial charge is 0.387 e. The first-order valence-electron chi connectivity index (χ1n) is 7.96. The lowest BCUT2D eigenvalue weighted by molar-refractivity contribution is 0.109. The van der Waals surface area contributed by atoms with E-state index in [-0.39, 0.29) is 6.10 Å². The molecule has 1 aliphatic rings. The first-order valence-corrected chi connectivity index (χ1v) is 7.96. The molecule has 112 valence electrons. The van der Waals surface area contributed by atoms with Crippen LogP contribution in [0.3, 0.4) is 0 Å². The van der Waals surface area contributed by atoms with Gasteiger partial charge in [0.25, 0.3) is 0 Å². The summed E-state index contributed by atoms with van der Waals surface area (Å²) in [4.78, 5) is 2.41. The topological polar surface area (TPSA) is 23.5 Å². The van der Waals surface area contributed by atoms with Gasteiger partial charge in [-0.05, 0) is 42.7 Å². The Morgan fingerprint density at radius 1 is 1.20 bits per heavy atom. The van der Waals surface area contributed by atoms with Gasteiger partial charge in [0.1, 0.15) is 0 Å². The van der Waals surface area contributed by atoms with Crippen molar-refractivity contribution in [2.24, 2.45) is 11.8 Å². The van der Waals surface area contributed by atoms with Crippen LogP contribution in [-0.4, -0.2) is 29.1 Å². The van der Waals surface area contributed by atoms with Crippen LogP contribution in [0.4, 0.5) is 0 Å². The van der Waals surface area contributed by atoms with E-state index in [1.165, 1.54) is 12.0 Å². The molecule has 1 aromatic rings. The molecule has 1 aliphatic heterocycles. The number of rotatable bonds is 5. The number of β-amino-alcohol motifs (C(OH)–C–C–N with tert-alkyl or cyclic N) is 1. The van der Waals surface area contributed by atoms with Gasteiger partial charge in [0, 0.05) is 19.1 Å². The van der Waals surface area contributed by atoms with Crippen molar-refractivity contribution in [3.63, 3.8) is 0 Å². The van der Waals surface area contributed by atoms with E-state index in [2.05, 4.69) is 56.9 Å². The number of aliphatic hydroxyl groups excluding tert-OH is 1. The van der Waals surface area contributed by atoms with Gasteiger partial charge in [-0.2, -0.15) is 0 Å². The summed E-state index contributed by atoms with van der Waals surface area (Å²) in [7, 11) is 0. The molecule has 0 radical (unpaired) electrons. The molecule has 1 heterocycles. The minimum Gasteiger partial charge on any atom is -0.387 e.